The van der Waals surface area contributed by atoms with Crippen molar-refractivity contribution in [1.82, 2.24) is 0 Å². The van der Waals surface area contributed by atoms with E-state index in [-0.39, 0.29) is 24.7 Å². The van der Waals surface area contributed by atoms with Crippen LogP contribution in [-0.2, 0) is 28.6 Å². The molecule has 0 rings (SSSR count). The van der Waals surface area contributed by atoms with E-state index in [2.05, 4.69) is 13.2 Å². The molecule has 0 radical (unpaired) electrons. The van der Waals surface area contributed by atoms with Gasteiger partial charge in [-0.15, -0.1) is 13.2 Å². The number of unbranched alkanes of at least 4 members (excludes halogenated alkanes) is 5. The molecule has 22 heavy (non-hydrogen) atoms. The number of hydrogen-bond acceptors (Lipinski definition) is 6. The summed E-state index contributed by atoms with van der Waals surface area (Å²) in [6.45, 7) is 7.09. The lowest BCUT2D eigenvalue weighted by Crippen LogP contribution is -2.10. The fourth-order valence-corrected chi connectivity index (χ4v) is 3.18. The molecule has 0 amide bonds. The van der Waals surface area contributed by atoms with Crippen molar-refractivity contribution in [3.05, 3.63) is 25.3 Å². The van der Waals surface area contributed by atoms with E-state index in [9.17, 15) is 16.8 Å². The van der Waals surface area contributed by atoms with Gasteiger partial charge in [-0.3, -0.25) is 8.37 Å². The molecule has 0 spiro atoms. The summed E-state index contributed by atoms with van der Waals surface area (Å²) in [6.07, 6.45) is 7.60. The van der Waals surface area contributed by atoms with Gasteiger partial charge >= 0.3 is 0 Å². The Bertz CT molecular complexity index is 459. The second kappa shape index (κ2) is 11.8. The van der Waals surface area contributed by atoms with Crippen molar-refractivity contribution in [3.8, 4) is 0 Å². The normalized spacial score (nSPS) is 12.2. The zero-order valence-electron chi connectivity index (χ0n) is 12.9. The van der Waals surface area contributed by atoms with Crippen LogP contribution in [-0.4, -0.2) is 41.6 Å². The Morgan fingerprint density at radius 1 is 0.636 bits per heavy atom. The van der Waals surface area contributed by atoms with Gasteiger partial charge in [0, 0.05) is 0 Å². The third kappa shape index (κ3) is 13.0. The average molecular weight is 354 g/mol. The molecule has 0 unspecified atom stereocenters. The monoisotopic (exact) mass is 354 g/mol. The SMILES string of the molecule is C=CCS(=O)(=O)OCCCCCCCCOS(=O)(=O)CC=C. The maximum absolute atomic E-state index is 11.2. The Balaban J connectivity index is 3.45. The minimum Gasteiger partial charge on any atom is -0.270 e. The molecule has 0 atom stereocenters. The quantitative estimate of drug-likeness (QED) is 0.255. The molecule has 0 aliphatic carbocycles. The highest BCUT2D eigenvalue weighted by molar-refractivity contribution is 7.87. The summed E-state index contributed by atoms with van der Waals surface area (Å²) in [5.74, 6) is -0.330. The van der Waals surface area contributed by atoms with Crippen molar-refractivity contribution in [2.75, 3.05) is 24.7 Å². The van der Waals surface area contributed by atoms with E-state index >= 15 is 0 Å². The summed E-state index contributed by atoms with van der Waals surface area (Å²) in [5, 5.41) is 0. The van der Waals surface area contributed by atoms with E-state index < -0.39 is 20.2 Å². The van der Waals surface area contributed by atoms with Gasteiger partial charge in [0.05, 0.1) is 24.7 Å². The van der Waals surface area contributed by atoms with E-state index in [4.69, 9.17) is 8.37 Å². The molecule has 6 nitrogen and oxygen atoms in total. The van der Waals surface area contributed by atoms with Gasteiger partial charge in [-0.2, -0.15) is 16.8 Å². The van der Waals surface area contributed by atoms with Crippen molar-refractivity contribution >= 4 is 20.2 Å². The Hall–Kier alpha value is -0.700. The summed E-state index contributed by atoms with van der Waals surface area (Å²) >= 11 is 0. The van der Waals surface area contributed by atoms with Gasteiger partial charge in [0.2, 0.25) is 0 Å². The largest absolute Gasteiger partial charge is 0.270 e. The first-order valence-electron chi connectivity index (χ1n) is 7.29. The Morgan fingerprint density at radius 3 is 1.27 bits per heavy atom. The van der Waals surface area contributed by atoms with Gasteiger partial charge in [-0.05, 0) is 12.8 Å². The van der Waals surface area contributed by atoms with E-state index in [1.54, 1.807) is 0 Å². The fourth-order valence-electron chi connectivity index (χ4n) is 1.67. The van der Waals surface area contributed by atoms with Crippen LogP contribution in [0, 0.1) is 0 Å². The molecule has 130 valence electrons. The lowest BCUT2D eigenvalue weighted by molar-refractivity contribution is 0.300. The zero-order valence-corrected chi connectivity index (χ0v) is 14.5. The predicted octanol–water partition coefficient (Wildman–Crippen LogP) is 2.39. The van der Waals surface area contributed by atoms with Crippen LogP contribution in [0.1, 0.15) is 38.5 Å². The summed E-state index contributed by atoms with van der Waals surface area (Å²) in [7, 11) is -6.91. The zero-order chi connectivity index (χ0) is 16.9. The molecular formula is C14H26O6S2. The Kier molecular flexibility index (Phi) is 11.4. The van der Waals surface area contributed by atoms with Crippen LogP contribution in [0.2, 0.25) is 0 Å². The topological polar surface area (TPSA) is 86.7 Å². The number of rotatable bonds is 15. The smallest absolute Gasteiger partial charge is 0.270 e. The molecule has 0 saturated heterocycles. The van der Waals surface area contributed by atoms with Gasteiger partial charge in [-0.25, -0.2) is 0 Å². The van der Waals surface area contributed by atoms with Gasteiger partial charge < -0.3 is 0 Å². The van der Waals surface area contributed by atoms with Crippen molar-refractivity contribution in [2.24, 2.45) is 0 Å². The van der Waals surface area contributed by atoms with Crippen LogP contribution < -0.4 is 0 Å². The maximum atomic E-state index is 11.2. The Morgan fingerprint density at radius 2 is 0.955 bits per heavy atom. The van der Waals surface area contributed by atoms with Crippen LogP contribution in [0.25, 0.3) is 0 Å². The fraction of sp³-hybridized carbons (Fsp3) is 0.714. The molecule has 0 aromatic carbocycles. The van der Waals surface area contributed by atoms with Crippen LogP contribution in [0.4, 0.5) is 0 Å². The van der Waals surface area contributed by atoms with Crippen LogP contribution in [0.3, 0.4) is 0 Å². The Labute approximate surface area is 134 Å². The molecule has 0 aliphatic heterocycles. The molecule has 8 heteroatoms. The molecule has 0 bridgehead atoms. The van der Waals surface area contributed by atoms with E-state index in [0.717, 1.165) is 25.7 Å². The predicted molar refractivity (Wildman–Crippen MR) is 87.6 cm³/mol. The third-order valence-corrected chi connectivity index (χ3v) is 5.05. The molecule has 0 N–H and O–H groups in total. The second-order valence-corrected chi connectivity index (χ2v) is 8.16. The molecule has 0 aliphatic rings. The van der Waals surface area contributed by atoms with Crippen LogP contribution >= 0.6 is 0 Å². The second-order valence-electron chi connectivity index (χ2n) is 4.79. The molecule has 0 fully saturated rings. The molecule has 0 aromatic rings. The minimum atomic E-state index is -3.45. The lowest BCUT2D eigenvalue weighted by Gasteiger charge is -2.05. The highest BCUT2D eigenvalue weighted by atomic mass is 32.2. The highest BCUT2D eigenvalue weighted by Crippen LogP contribution is 2.07. The van der Waals surface area contributed by atoms with Crippen molar-refractivity contribution in [1.29, 1.82) is 0 Å². The summed E-state index contributed by atoms with van der Waals surface area (Å²) < 4.78 is 54.4. The molecule has 0 aromatic heterocycles. The highest BCUT2D eigenvalue weighted by Gasteiger charge is 2.08. The van der Waals surface area contributed by atoms with Crippen molar-refractivity contribution in [3.63, 3.8) is 0 Å². The van der Waals surface area contributed by atoms with Gasteiger partial charge in [-0.1, -0.05) is 37.8 Å². The molecule has 0 saturated carbocycles. The average Bonchev–Trinajstić information content (AvgIpc) is 2.40. The van der Waals surface area contributed by atoms with Crippen LogP contribution in [0.5, 0.6) is 0 Å². The third-order valence-electron chi connectivity index (χ3n) is 2.71. The number of hydrogen-bond donors (Lipinski definition) is 0. The minimum absolute atomic E-state index is 0.165. The van der Waals surface area contributed by atoms with Crippen molar-refractivity contribution < 1.29 is 25.2 Å². The van der Waals surface area contributed by atoms with E-state index in [1.165, 1.54) is 12.2 Å². The van der Waals surface area contributed by atoms with Gasteiger partial charge in [0.15, 0.2) is 0 Å². The van der Waals surface area contributed by atoms with E-state index in [1.807, 2.05) is 0 Å². The van der Waals surface area contributed by atoms with E-state index in [0.29, 0.717) is 12.8 Å². The van der Waals surface area contributed by atoms with Crippen molar-refractivity contribution in [2.45, 2.75) is 38.5 Å². The van der Waals surface area contributed by atoms with Crippen LogP contribution in [0.15, 0.2) is 25.3 Å². The van der Waals surface area contributed by atoms with Gasteiger partial charge in [0.25, 0.3) is 20.2 Å². The molecule has 0 heterocycles. The first-order valence-corrected chi connectivity index (χ1v) is 10.4. The van der Waals surface area contributed by atoms with Gasteiger partial charge in [0.1, 0.15) is 0 Å². The first-order chi connectivity index (χ1) is 10.3. The first kappa shape index (κ1) is 21.3. The summed E-state index contributed by atoms with van der Waals surface area (Å²) in [5.41, 5.74) is 0. The summed E-state index contributed by atoms with van der Waals surface area (Å²) in [6, 6.07) is 0. The standard InChI is InChI=1S/C14H26O6S2/c1-3-13-21(15,16)19-11-9-7-5-6-8-10-12-20-22(17,18)14-4-2/h3-4H,1-2,5-14H2. The summed E-state index contributed by atoms with van der Waals surface area (Å²) in [4.78, 5) is 0. The molecular weight excluding hydrogens is 328 g/mol. The lowest BCUT2D eigenvalue weighted by atomic mass is 10.1. The maximum Gasteiger partial charge on any atom is 0.270 e.